The zero-order valence-corrected chi connectivity index (χ0v) is 14.8. The zero-order chi connectivity index (χ0) is 14.6. The molecule has 0 aromatic carbocycles. The summed E-state index contributed by atoms with van der Waals surface area (Å²) in [7, 11) is 5.07. The third-order valence-electron chi connectivity index (χ3n) is 3.71. The third kappa shape index (κ3) is 7.05. The van der Waals surface area contributed by atoms with Crippen molar-refractivity contribution in [2.45, 2.75) is 62.5 Å². The summed E-state index contributed by atoms with van der Waals surface area (Å²) < 4.78 is 17.0. The van der Waals surface area contributed by atoms with Gasteiger partial charge < -0.3 is 0 Å². The topological polar surface area (TPSA) is 27.7 Å². The van der Waals surface area contributed by atoms with Crippen molar-refractivity contribution < 1.29 is 27.7 Å². The van der Waals surface area contributed by atoms with E-state index in [2.05, 4.69) is 13.5 Å². The molecule has 0 radical (unpaired) electrons. The van der Waals surface area contributed by atoms with Crippen molar-refractivity contribution in [1.82, 2.24) is 0 Å². The molecule has 4 heteroatoms. The summed E-state index contributed by atoms with van der Waals surface area (Å²) in [5.74, 6) is 0. The van der Waals surface area contributed by atoms with Gasteiger partial charge in [-0.25, -0.2) is 0 Å². The average Bonchev–Trinajstić information content (AvgIpc) is 2.46. The molecule has 0 N–H and O–H groups in total. The maximum atomic E-state index is 5.57. The molecule has 0 rings (SSSR count). The molecule has 0 amide bonds. The molecule has 0 saturated heterocycles. The van der Waals surface area contributed by atoms with E-state index in [1.807, 2.05) is 6.08 Å². The van der Waals surface area contributed by atoms with E-state index in [-0.39, 0.29) is 4.22 Å². The van der Waals surface area contributed by atoms with Crippen LogP contribution in [0.4, 0.5) is 0 Å². The van der Waals surface area contributed by atoms with E-state index in [0.29, 0.717) is 0 Å². The standard InChI is InChI=1S/C12H23.3CH3O.Ti/c1-3-5-7-9-11-12-10-8-6-4-2;3*1-2;/h3,5H,1,4,6-12H2,2H3;3*1H3;/q;3*-1;+3. The van der Waals surface area contributed by atoms with Crippen LogP contribution in [0.3, 0.4) is 0 Å². The van der Waals surface area contributed by atoms with Crippen LogP contribution in [0.15, 0.2) is 12.7 Å². The molecular formula is C15H32O3Ti. The van der Waals surface area contributed by atoms with Crippen molar-refractivity contribution in [1.29, 1.82) is 0 Å². The molecule has 0 fully saturated rings. The van der Waals surface area contributed by atoms with Crippen molar-refractivity contribution >= 4 is 0 Å². The van der Waals surface area contributed by atoms with Gasteiger partial charge in [0.25, 0.3) is 0 Å². The van der Waals surface area contributed by atoms with Crippen LogP contribution in [0.2, 0.25) is 4.22 Å². The summed E-state index contributed by atoms with van der Waals surface area (Å²) >= 11 is -3.09. The first-order valence-corrected chi connectivity index (χ1v) is 10.3. The molecule has 1 atom stereocenters. The second-order valence-corrected chi connectivity index (χ2v) is 9.92. The predicted octanol–water partition coefficient (Wildman–Crippen LogP) is 4.94. The van der Waals surface area contributed by atoms with Gasteiger partial charge in [-0.05, 0) is 0 Å². The van der Waals surface area contributed by atoms with Gasteiger partial charge in [0.15, 0.2) is 0 Å². The Kier molecular flexibility index (Phi) is 12.3. The van der Waals surface area contributed by atoms with E-state index in [4.69, 9.17) is 9.96 Å². The Morgan fingerprint density at radius 1 is 0.895 bits per heavy atom. The van der Waals surface area contributed by atoms with Crippen LogP contribution in [0.25, 0.3) is 0 Å². The van der Waals surface area contributed by atoms with Crippen molar-refractivity contribution in [3.05, 3.63) is 12.7 Å². The minimum atomic E-state index is -3.09. The molecule has 0 saturated carbocycles. The van der Waals surface area contributed by atoms with Crippen LogP contribution in [0, 0.1) is 0 Å². The second kappa shape index (κ2) is 12.1. The SMILES string of the molecule is C=C[CH](CCCCCCCCC)[Ti]([O]C)([O]C)[O]C. The van der Waals surface area contributed by atoms with Crippen molar-refractivity contribution in [3.63, 3.8) is 0 Å². The molecule has 0 aliphatic carbocycles. The van der Waals surface area contributed by atoms with Crippen LogP contribution in [-0.4, -0.2) is 21.3 Å². The quantitative estimate of drug-likeness (QED) is 0.274. The first kappa shape index (κ1) is 19.3. The van der Waals surface area contributed by atoms with E-state index < -0.39 is 17.8 Å². The zero-order valence-electron chi connectivity index (χ0n) is 13.2. The molecule has 114 valence electrons. The molecule has 0 spiro atoms. The first-order valence-electron chi connectivity index (χ1n) is 7.48. The molecule has 0 heterocycles. The molecular weight excluding hydrogens is 276 g/mol. The van der Waals surface area contributed by atoms with Gasteiger partial charge in [-0.1, -0.05) is 0 Å². The van der Waals surface area contributed by atoms with Crippen molar-refractivity contribution in [2.75, 3.05) is 21.3 Å². The summed E-state index contributed by atoms with van der Waals surface area (Å²) in [5, 5.41) is 0. The van der Waals surface area contributed by atoms with E-state index >= 15 is 0 Å². The summed E-state index contributed by atoms with van der Waals surface area (Å²) in [5.41, 5.74) is 0. The van der Waals surface area contributed by atoms with Crippen LogP contribution < -0.4 is 0 Å². The van der Waals surface area contributed by atoms with Gasteiger partial charge in [0, 0.05) is 0 Å². The van der Waals surface area contributed by atoms with Gasteiger partial charge in [-0.15, -0.1) is 0 Å². The van der Waals surface area contributed by atoms with E-state index in [1.54, 1.807) is 21.3 Å². The Morgan fingerprint density at radius 2 is 1.37 bits per heavy atom. The minimum absolute atomic E-state index is 0.246. The number of allylic oxidation sites excluding steroid dienone is 1. The Labute approximate surface area is 124 Å². The van der Waals surface area contributed by atoms with E-state index in [1.165, 1.54) is 44.9 Å². The summed E-state index contributed by atoms with van der Waals surface area (Å²) in [4.78, 5) is 0. The summed E-state index contributed by atoms with van der Waals surface area (Å²) in [6.45, 7) is 6.17. The first-order chi connectivity index (χ1) is 9.20. The molecule has 3 nitrogen and oxygen atoms in total. The monoisotopic (exact) mass is 308 g/mol. The van der Waals surface area contributed by atoms with Crippen molar-refractivity contribution in [2.24, 2.45) is 0 Å². The summed E-state index contributed by atoms with van der Waals surface area (Å²) in [6.07, 6.45) is 12.2. The van der Waals surface area contributed by atoms with Gasteiger partial charge in [0.05, 0.1) is 0 Å². The van der Waals surface area contributed by atoms with Gasteiger partial charge >= 0.3 is 124 Å². The molecule has 19 heavy (non-hydrogen) atoms. The van der Waals surface area contributed by atoms with E-state index in [0.717, 1.165) is 6.42 Å². The maximum absolute atomic E-state index is 5.57. The van der Waals surface area contributed by atoms with Gasteiger partial charge in [-0.2, -0.15) is 0 Å². The van der Waals surface area contributed by atoms with Crippen LogP contribution >= 0.6 is 0 Å². The fraction of sp³-hybridized carbons (Fsp3) is 0.867. The molecule has 0 aliphatic heterocycles. The normalized spacial score (nSPS) is 13.5. The van der Waals surface area contributed by atoms with Crippen molar-refractivity contribution in [3.8, 4) is 0 Å². The average molecular weight is 308 g/mol. The van der Waals surface area contributed by atoms with Crippen LogP contribution in [0.1, 0.15) is 58.3 Å². The number of hydrogen-bond donors (Lipinski definition) is 0. The molecule has 0 aromatic rings. The number of unbranched alkanes of at least 4 members (excludes halogenated alkanes) is 6. The van der Waals surface area contributed by atoms with Crippen LogP contribution in [-0.2, 0) is 27.7 Å². The van der Waals surface area contributed by atoms with E-state index in [9.17, 15) is 0 Å². The Hall–Kier alpha value is 0.334. The van der Waals surface area contributed by atoms with Gasteiger partial charge in [0.2, 0.25) is 0 Å². The number of rotatable bonds is 13. The molecule has 1 unspecified atom stereocenters. The molecule has 0 bridgehead atoms. The Bertz CT molecular complexity index is 209. The Balaban J connectivity index is 3.96. The molecule has 0 aromatic heterocycles. The predicted molar refractivity (Wildman–Crippen MR) is 77.6 cm³/mol. The summed E-state index contributed by atoms with van der Waals surface area (Å²) in [6, 6.07) is 0. The van der Waals surface area contributed by atoms with Gasteiger partial charge in [-0.3, -0.25) is 0 Å². The third-order valence-corrected chi connectivity index (χ3v) is 8.61. The second-order valence-electron chi connectivity index (χ2n) is 4.97. The van der Waals surface area contributed by atoms with Gasteiger partial charge in [0.1, 0.15) is 0 Å². The number of hydrogen-bond acceptors (Lipinski definition) is 3. The Morgan fingerprint density at radius 3 is 1.79 bits per heavy atom. The van der Waals surface area contributed by atoms with Crippen LogP contribution in [0.5, 0.6) is 0 Å². The molecule has 0 aliphatic rings. The fourth-order valence-electron chi connectivity index (χ4n) is 2.46. The fourth-order valence-corrected chi connectivity index (χ4v) is 5.99.